The normalized spacial score (nSPS) is 12.2. The van der Waals surface area contributed by atoms with Crippen LogP contribution in [0.1, 0.15) is 29.9 Å². The van der Waals surface area contributed by atoms with Gasteiger partial charge in [0.2, 0.25) is 0 Å². The van der Waals surface area contributed by atoms with Gasteiger partial charge >= 0.3 is 5.97 Å². The molecular weight excluding hydrogens is 252 g/mol. The minimum Gasteiger partial charge on any atom is -0.467 e. The van der Waals surface area contributed by atoms with E-state index >= 15 is 0 Å². The van der Waals surface area contributed by atoms with Gasteiger partial charge in [-0.2, -0.15) is 0 Å². The van der Waals surface area contributed by atoms with Crippen LogP contribution >= 0.6 is 11.3 Å². The lowest BCUT2D eigenvalue weighted by atomic mass is 10.0. The molecule has 1 heterocycles. The fourth-order valence-electron chi connectivity index (χ4n) is 1.56. The standard InChI is InChI=1S/C12H18N2O3S/c1-7(2)6-9(12(16)17-3)14-11(15)10-8(13)4-5-18-10/h4-5,7,9H,6,13H2,1-3H3,(H,14,15). The third-order valence-corrected chi connectivity index (χ3v) is 3.33. The number of nitrogens with two attached hydrogens (primary N) is 1. The van der Waals surface area contributed by atoms with Gasteiger partial charge in [-0.3, -0.25) is 4.79 Å². The molecule has 0 aliphatic rings. The second kappa shape index (κ2) is 6.39. The van der Waals surface area contributed by atoms with Gasteiger partial charge in [-0.15, -0.1) is 11.3 Å². The first-order chi connectivity index (χ1) is 8.45. The van der Waals surface area contributed by atoms with Gasteiger partial charge in [0.1, 0.15) is 10.9 Å². The number of amides is 1. The third kappa shape index (κ3) is 3.73. The van der Waals surface area contributed by atoms with Crippen molar-refractivity contribution in [3.8, 4) is 0 Å². The Morgan fingerprint density at radius 2 is 2.17 bits per heavy atom. The van der Waals surface area contributed by atoms with Gasteiger partial charge < -0.3 is 15.8 Å². The van der Waals surface area contributed by atoms with Crippen LogP contribution < -0.4 is 11.1 Å². The summed E-state index contributed by atoms with van der Waals surface area (Å²) >= 11 is 1.25. The van der Waals surface area contributed by atoms with E-state index in [1.54, 1.807) is 11.4 Å². The van der Waals surface area contributed by atoms with Crippen LogP contribution in [0.15, 0.2) is 11.4 Å². The van der Waals surface area contributed by atoms with E-state index in [1.165, 1.54) is 18.4 Å². The molecule has 0 radical (unpaired) electrons. The predicted octanol–water partition coefficient (Wildman–Crippen LogP) is 1.65. The molecule has 5 nitrogen and oxygen atoms in total. The minimum absolute atomic E-state index is 0.273. The van der Waals surface area contributed by atoms with Crippen molar-refractivity contribution in [3.05, 3.63) is 16.3 Å². The number of anilines is 1. The Morgan fingerprint density at radius 1 is 1.50 bits per heavy atom. The number of rotatable bonds is 5. The Kier molecular flexibility index (Phi) is 5.15. The summed E-state index contributed by atoms with van der Waals surface area (Å²) in [5, 5.41) is 4.40. The molecule has 6 heteroatoms. The Balaban J connectivity index is 2.74. The van der Waals surface area contributed by atoms with Crippen LogP contribution in [0, 0.1) is 5.92 Å². The van der Waals surface area contributed by atoms with Crippen molar-refractivity contribution in [2.24, 2.45) is 5.92 Å². The molecule has 0 bridgehead atoms. The Bertz CT molecular complexity index is 429. The van der Waals surface area contributed by atoms with E-state index in [9.17, 15) is 9.59 Å². The molecule has 1 rings (SSSR count). The molecule has 1 aromatic rings. The number of carbonyl (C=O) groups is 2. The molecule has 0 fully saturated rings. The first-order valence-electron chi connectivity index (χ1n) is 5.67. The van der Waals surface area contributed by atoms with Crippen LogP contribution in [0.3, 0.4) is 0 Å². The number of hydrogen-bond donors (Lipinski definition) is 2. The highest BCUT2D eigenvalue weighted by Gasteiger charge is 2.24. The van der Waals surface area contributed by atoms with E-state index < -0.39 is 12.0 Å². The molecule has 0 aliphatic heterocycles. The van der Waals surface area contributed by atoms with Gasteiger partial charge in [-0.05, 0) is 23.8 Å². The molecule has 18 heavy (non-hydrogen) atoms. The number of methoxy groups -OCH3 is 1. The van der Waals surface area contributed by atoms with Crippen LogP contribution in [0.5, 0.6) is 0 Å². The van der Waals surface area contributed by atoms with Gasteiger partial charge in [0.05, 0.1) is 12.8 Å². The smallest absolute Gasteiger partial charge is 0.328 e. The number of esters is 1. The maximum atomic E-state index is 12.0. The molecule has 0 aliphatic carbocycles. The number of ether oxygens (including phenoxy) is 1. The molecule has 3 N–H and O–H groups in total. The lowest BCUT2D eigenvalue weighted by molar-refractivity contribution is -0.143. The topological polar surface area (TPSA) is 81.4 Å². The number of nitrogens with one attached hydrogen (secondary N) is 1. The average molecular weight is 270 g/mol. The second-order valence-corrected chi connectivity index (χ2v) is 5.30. The Labute approximate surface area is 110 Å². The molecule has 0 saturated carbocycles. The second-order valence-electron chi connectivity index (χ2n) is 4.38. The van der Waals surface area contributed by atoms with Gasteiger partial charge in [0, 0.05) is 0 Å². The zero-order valence-electron chi connectivity index (χ0n) is 10.7. The van der Waals surface area contributed by atoms with Crippen molar-refractivity contribution < 1.29 is 14.3 Å². The van der Waals surface area contributed by atoms with E-state index in [4.69, 9.17) is 5.73 Å². The highest BCUT2D eigenvalue weighted by molar-refractivity contribution is 7.12. The van der Waals surface area contributed by atoms with Gasteiger partial charge in [0.25, 0.3) is 5.91 Å². The molecule has 0 aromatic carbocycles. The number of thiophene rings is 1. The number of carbonyl (C=O) groups excluding carboxylic acids is 2. The van der Waals surface area contributed by atoms with Gasteiger partial charge in [-0.1, -0.05) is 13.8 Å². The summed E-state index contributed by atoms with van der Waals surface area (Å²) in [7, 11) is 1.31. The van der Waals surface area contributed by atoms with E-state index in [2.05, 4.69) is 10.1 Å². The van der Waals surface area contributed by atoms with E-state index in [1.807, 2.05) is 13.8 Å². The quantitative estimate of drug-likeness (QED) is 0.797. The number of hydrogen-bond acceptors (Lipinski definition) is 5. The molecule has 1 atom stereocenters. The molecule has 0 saturated heterocycles. The SMILES string of the molecule is COC(=O)C(CC(C)C)NC(=O)c1sccc1N. The van der Waals surface area contributed by atoms with Crippen molar-refractivity contribution in [2.45, 2.75) is 26.3 Å². The summed E-state index contributed by atoms with van der Waals surface area (Å²) in [6, 6.07) is 1.03. The van der Waals surface area contributed by atoms with Crippen molar-refractivity contribution in [3.63, 3.8) is 0 Å². The van der Waals surface area contributed by atoms with Crippen LogP contribution in [-0.2, 0) is 9.53 Å². The van der Waals surface area contributed by atoms with Gasteiger partial charge in [-0.25, -0.2) is 4.79 Å². The van der Waals surface area contributed by atoms with Crippen molar-refractivity contribution >= 4 is 28.9 Å². The lowest BCUT2D eigenvalue weighted by Gasteiger charge is -2.18. The Hall–Kier alpha value is -1.56. The lowest BCUT2D eigenvalue weighted by Crippen LogP contribution is -2.42. The summed E-state index contributed by atoms with van der Waals surface area (Å²) in [5.41, 5.74) is 6.08. The number of nitrogen functional groups attached to an aromatic ring is 1. The molecule has 1 amide bonds. The fourth-order valence-corrected chi connectivity index (χ4v) is 2.28. The fraction of sp³-hybridized carbons (Fsp3) is 0.500. The molecule has 1 aromatic heterocycles. The summed E-state index contributed by atoms with van der Waals surface area (Å²) in [6.07, 6.45) is 0.531. The van der Waals surface area contributed by atoms with Crippen LogP contribution in [-0.4, -0.2) is 25.0 Å². The van der Waals surface area contributed by atoms with E-state index in [-0.39, 0.29) is 11.8 Å². The van der Waals surface area contributed by atoms with Crippen molar-refractivity contribution in [1.82, 2.24) is 5.32 Å². The average Bonchev–Trinajstić information content (AvgIpc) is 2.73. The zero-order chi connectivity index (χ0) is 13.7. The minimum atomic E-state index is -0.635. The maximum absolute atomic E-state index is 12.0. The van der Waals surface area contributed by atoms with Gasteiger partial charge in [0.15, 0.2) is 0 Å². The van der Waals surface area contributed by atoms with E-state index in [0.29, 0.717) is 17.0 Å². The van der Waals surface area contributed by atoms with Crippen molar-refractivity contribution in [2.75, 3.05) is 12.8 Å². The third-order valence-electron chi connectivity index (χ3n) is 2.40. The molecular formula is C12H18N2O3S. The van der Waals surface area contributed by atoms with Crippen LogP contribution in [0.25, 0.3) is 0 Å². The zero-order valence-corrected chi connectivity index (χ0v) is 11.5. The summed E-state index contributed by atoms with van der Waals surface area (Å²) in [4.78, 5) is 23.9. The monoisotopic (exact) mass is 270 g/mol. The van der Waals surface area contributed by atoms with Crippen LogP contribution in [0.2, 0.25) is 0 Å². The predicted molar refractivity (Wildman–Crippen MR) is 71.5 cm³/mol. The summed E-state index contributed by atoms with van der Waals surface area (Å²) < 4.78 is 4.68. The Morgan fingerprint density at radius 3 is 2.61 bits per heavy atom. The summed E-state index contributed by atoms with van der Waals surface area (Å²) in [5.74, 6) is -0.499. The summed E-state index contributed by atoms with van der Waals surface area (Å²) in [6.45, 7) is 3.95. The molecule has 100 valence electrons. The highest BCUT2D eigenvalue weighted by Crippen LogP contribution is 2.19. The molecule has 0 spiro atoms. The first-order valence-corrected chi connectivity index (χ1v) is 6.55. The first kappa shape index (κ1) is 14.5. The van der Waals surface area contributed by atoms with E-state index in [0.717, 1.165) is 0 Å². The van der Waals surface area contributed by atoms with Crippen molar-refractivity contribution in [1.29, 1.82) is 0 Å². The maximum Gasteiger partial charge on any atom is 0.328 e. The molecule has 1 unspecified atom stereocenters. The highest BCUT2D eigenvalue weighted by atomic mass is 32.1. The largest absolute Gasteiger partial charge is 0.467 e. The van der Waals surface area contributed by atoms with Crippen LogP contribution in [0.4, 0.5) is 5.69 Å².